The Morgan fingerprint density at radius 3 is 1.65 bits per heavy atom. The van der Waals surface area contributed by atoms with Gasteiger partial charge in [-0.2, -0.15) is 0 Å². The first kappa shape index (κ1) is 23.3. The molecule has 0 atom stereocenters. The van der Waals surface area contributed by atoms with Gasteiger partial charge in [0.25, 0.3) is 0 Å². The minimum absolute atomic E-state index is 0.121. The Balaban J connectivity index is 1.50. The lowest BCUT2D eigenvalue weighted by atomic mass is 9.98. The number of rotatable bonds is 12. The van der Waals surface area contributed by atoms with Crippen LogP contribution in [0.15, 0.2) is 66.7 Å². The third kappa shape index (κ3) is 7.35. The van der Waals surface area contributed by atoms with Gasteiger partial charge in [0.05, 0.1) is 0 Å². The standard InChI is InChI=1S/C30H37F/c1-3-5-6-7-8-10-24-11-13-25(14-12-24)15-16-26-17-20-28(21-18-26)29-22-19-27(9-4-2)23-30(29)31/h11-14,17-23H,3-10,15-16H2,1-2H3. The van der Waals surface area contributed by atoms with Gasteiger partial charge in [-0.1, -0.05) is 107 Å². The van der Waals surface area contributed by atoms with Crippen molar-refractivity contribution in [3.05, 3.63) is 94.8 Å². The molecule has 0 unspecified atom stereocenters. The lowest BCUT2D eigenvalue weighted by Crippen LogP contribution is -1.93. The van der Waals surface area contributed by atoms with E-state index in [1.807, 2.05) is 12.1 Å². The summed E-state index contributed by atoms with van der Waals surface area (Å²) >= 11 is 0. The summed E-state index contributed by atoms with van der Waals surface area (Å²) < 4.78 is 14.5. The Hall–Kier alpha value is -2.41. The number of halogens is 1. The van der Waals surface area contributed by atoms with E-state index in [0.29, 0.717) is 5.56 Å². The van der Waals surface area contributed by atoms with Gasteiger partial charge in [0.2, 0.25) is 0 Å². The molecule has 0 amide bonds. The van der Waals surface area contributed by atoms with E-state index in [9.17, 15) is 4.39 Å². The average Bonchev–Trinajstić information content (AvgIpc) is 2.79. The summed E-state index contributed by atoms with van der Waals surface area (Å²) in [6.45, 7) is 4.38. The number of unbranched alkanes of at least 4 members (excludes halogenated alkanes) is 4. The number of hydrogen-bond donors (Lipinski definition) is 0. The molecule has 0 aliphatic rings. The van der Waals surface area contributed by atoms with Gasteiger partial charge < -0.3 is 0 Å². The molecule has 0 spiro atoms. The van der Waals surface area contributed by atoms with Crippen LogP contribution in [-0.4, -0.2) is 0 Å². The van der Waals surface area contributed by atoms with Crippen LogP contribution >= 0.6 is 0 Å². The van der Waals surface area contributed by atoms with Crippen LogP contribution < -0.4 is 0 Å². The van der Waals surface area contributed by atoms with E-state index in [-0.39, 0.29) is 5.82 Å². The molecule has 0 radical (unpaired) electrons. The topological polar surface area (TPSA) is 0 Å². The molecule has 1 heteroatoms. The second kappa shape index (κ2) is 12.4. The highest BCUT2D eigenvalue weighted by molar-refractivity contribution is 5.64. The van der Waals surface area contributed by atoms with Gasteiger partial charge in [0.15, 0.2) is 0 Å². The molecule has 31 heavy (non-hydrogen) atoms. The zero-order valence-corrected chi connectivity index (χ0v) is 19.3. The Bertz CT molecular complexity index is 906. The van der Waals surface area contributed by atoms with E-state index in [1.165, 1.54) is 55.2 Å². The van der Waals surface area contributed by atoms with Crippen molar-refractivity contribution in [3.8, 4) is 11.1 Å². The molecule has 0 nitrogen and oxygen atoms in total. The van der Waals surface area contributed by atoms with Crippen molar-refractivity contribution in [3.63, 3.8) is 0 Å². The van der Waals surface area contributed by atoms with Crippen LogP contribution in [0, 0.1) is 5.82 Å². The molecule has 0 bridgehead atoms. The largest absolute Gasteiger partial charge is 0.206 e. The summed E-state index contributed by atoms with van der Waals surface area (Å²) in [4.78, 5) is 0. The van der Waals surface area contributed by atoms with Gasteiger partial charge in [0, 0.05) is 5.56 Å². The molecule has 0 saturated carbocycles. The van der Waals surface area contributed by atoms with Crippen molar-refractivity contribution in [2.75, 3.05) is 0 Å². The van der Waals surface area contributed by atoms with Gasteiger partial charge in [-0.25, -0.2) is 4.39 Å². The Labute approximate surface area is 188 Å². The third-order valence-electron chi connectivity index (χ3n) is 6.13. The van der Waals surface area contributed by atoms with E-state index in [2.05, 4.69) is 62.4 Å². The minimum Gasteiger partial charge on any atom is -0.206 e. The second-order valence-electron chi connectivity index (χ2n) is 8.74. The van der Waals surface area contributed by atoms with Gasteiger partial charge in [-0.15, -0.1) is 0 Å². The van der Waals surface area contributed by atoms with E-state index >= 15 is 0 Å². The molecule has 164 valence electrons. The summed E-state index contributed by atoms with van der Waals surface area (Å²) in [6.07, 6.45) is 11.9. The van der Waals surface area contributed by atoms with E-state index in [1.54, 1.807) is 6.07 Å². The predicted molar refractivity (Wildman–Crippen MR) is 132 cm³/mol. The normalized spacial score (nSPS) is 11.1. The summed E-state index contributed by atoms with van der Waals surface area (Å²) in [7, 11) is 0. The monoisotopic (exact) mass is 416 g/mol. The lowest BCUT2D eigenvalue weighted by Gasteiger charge is -2.08. The van der Waals surface area contributed by atoms with Crippen LogP contribution in [0.4, 0.5) is 4.39 Å². The van der Waals surface area contributed by atoms with Crippen molar-refractivity contribution in [2.45, 2.75) is 78.1 Å². The Morgan fingerprint density at radius 2 is 1.06 bits per heavy atom. The molecule has 3 rings (SSSR count). The molecule has 0 aliphatic heterocycles. The highest BCUT2D eigenvalue weighted by Crippen LogP contribution is 2.25. The van der Waals surface area contributed by atoms with Crippen molar-refractivity contribution < 1.29 is 4.39 Å². The maximum atomic E-state index is 14.5. The lowest BCUT2D eigenvalue weighted by molar-refractivity contribution is 0.628. The fraction of sp³-hybridized carbons (Fsp3) is 0.400. The molecular formula is C30H37F. The average molecular weight is 417 g/mol. The third-order valence-corrected chi connectivity index (χ3v) is 6.13. The SMILES string of the molecule is CCCCCCCc1ccc(CCc2ccc(-c3ccc(CCC)cc3F)cc2)cc1. The maximum absolute atomic E-state index is 14.5. The fourth-order valence-corrected chi connectivity index (χ4v) is 4.18. The maximum Gasteiger partial charge on any atom is 0.131 e. The van der Waals surface area contributed by atoms with Crippen LogP contribution in [0.25, 0.3) is 11.1 Å². The molecule has 0 fully saturated rings. The van der Waals surface area contributed by atoms with Crippen LogP contribution in [0.3, 0.4) is 0 Å². The Kier molecular flexibility index (Phi) is 9.34. The highest BCUT2D eigenvalue weighted by Gasteiger charge is 2.06. The van der Waals surface area contributed by atoms with E-state index in [0.717, 1.165) is 36.8 Å². The summed E-state index contributed by atoms with van der Waals surface area (Å²) in [5, 5.41) is 0. The number of hydrogen-bond acceptors (Lipinski definition) is 0. The predicted octanol–water partition coefficient (Wildman–Crippen LogP) is 8.74. The number of aryl methyl sites for hydroxylation is 4. The first-order chi connectivity index (χ1) is 15.2. The summed E-state index contributed by atoms with van der Waals surface area (Å²) in [6, 6.07) is 23.2. The highest BCUT2D eigenvalue weighted by atomic mass is 19.1. The van der Waals surface area contributed by atoms with Crippen molar-refractivity contribution >= 4 is 0 Å². The molecule has 0 saturated heterocycles. The first-order valence-electron chi connectivity index (χ1n) is 12.1. The van der Waals surface area contributed by atoms with Gasteiger partial charge in [0.1, 0.15) is 5.82 Å². The van der Waals surface area contributed by atoms with E-state index < -0.39 is 0 Å². The van der Waals surface area contributed by atoms with E-state index in [4.69, 9.17) is 0 Å². The minimum atomic E-state index is -0.121. The molecule has 3 aromatic rings. The zero-order valence-electron chi connectivity index (χ0n) is 19.3. The van der Waals surface area contributed by atoms with Crippen LogP contribution in [-0.2, 0) is 25.7 Å². The fourth-order valence-electron chi connectivity index (χ4n) is 4.18. The molecule has 0 aliphatic carbocycles. The van der Waals surface area contributed by atoms with Gasteiger partial charge in [-0.05, 0) is 66.0 Å². The molecule has 3 aromatic carbocycles. The second-order valence-corrected chi connectivity index (χ2v) is 8.74. The smallest absolute Gasteiger partial charge is 0.131 e. The number of benzene rings is 3. The van der Waals surface area contributed by atoms with Crippen LogP contribution in [0.5, 0.6) is 0 Å². The molecule has 0 N–H and O–H groups in total. The molecule has 0 aromatic heterocycles. The van der Waals surface area contributed by atoms with Crippen molar-refractivity contribution in [1.82, 2.24) is 0 Å². The van der Waals surface area contributed by atoms with Crippen molar-refractivity contribution in [2.24, 2.45) is 0 Å². The van der Waals surface area contributed by atoms with Gasteiger partial charge in [-0.3, -0.25) is 0 Å². The molecular weight excluding hydrogens is 379 g/mol. The quantitative estimate of drug-likeness (QED) is 0.259. The van der Waals surface area contributed by atoms with Crippen LogP contribution in [0.2, 0.25) is 0 Å². The summed E-state index contributed by atoms with van der Waals surface area (Å²) in [5.41, 5.74) is 6.85. The van der Waals surface area contributed by atoms with Crippen LogP contribution in [0.1, 0.15) is 74.6 Å². The van der Waals surface area contributed by atoms with Crippen molar-refractivity contribution in [1.29, 1.82) is 0 Å². The van der Waals surface area contributed by atoms with Gasteiger partial charge >= 0.3 is 0 Å². The summed E-state index contributed by atoms with van der Waals surface area (Å²) in [5.74, 6) is -0.121. The zero-order chi connectivity index (χ0) is 21.9. The molecule has 0 heterocycles. The Morgan fingerprint density at radius 1 is 0.516 bits per heavy atom. The first-order valence-corrected chi connectivity index (χ1v) is 12.1.